The predicted molar refractivity (Wildman–Crippen MR) is 310 cm³/mol. The summed E-state index contributed by atoms with van der Waals surface area (Å²) in [5, 5.41) is 13.3. The lowest BCUT2D eigenvalue weighted by Crippen LogP contribution is -2.59. The van der Waals surface area contributed by atoms with Gasteiger partial charge in [0.25, 0.3) is 0 Å². The Bertz CT molecular complexity index is 2080. The summed E-state index contributed by atoms with van der Waals surface area (Å²) >= 11 is 0. The zero-order valence-corrected chi connectivity index (χ0v) is 49.3. The van der Waals surface area contributed by atoms with Crippen LogP contribution < -0.4 is 27.0 Å². The number of hydrogen-bond donors (Lipinski definition) is 5. The van der Waals surface area contributed by atoms with Crippen LogP contribution in [-0.2, 0) is 36.8 Å². The maximum absolute atomic E-state index is 13.6. The van der Waals surface area contributed by atoms with E-state index in [0.29, 0.717) is 36.5 Å². The van der Waals surface area contributed by atoms with Crippen LogP contribution in [0.25, 0.3) is 0 Å². The zero-order chi connectivity index (χ0) is 55.6. The molecule has 2 saturated heterocycles. The van der Waals surface area contributed by atoms with Crippen LogP contribution in [0, 0.1) is 47.3 Å². The van der Waals surface area contributed by atoms with Gasteiger partial charge in [0.1, 0.15) is 0 Å². The summed E-state index contributed by atoms with van der Waals surface area (Å²) in [5.41, 5.74) is 7.34. The van der Waals surface area contributed by atoms with Crippen molar-refractivity contribution in [3.8, 4) is 0 Å². The number of piperidine rings is 2. The zero-order valence-electron chi connectivity index (χ0n) is 49.3. The first-order valence-corrected chi connectivity index (χ1v) is 30.2. The van der Waals surface area contributed by atoms with Gasteiger partial charge in [-0.3, -0.25) is 33.8 Å². The van der Waals surface area contributed by atoms with Crippen molar-refractivity contribution in [3.05, 3.63) is 71.8 Å². The second-order valence-corrected chi connectivity index (χ2v) is 25.7. The van der Waals surface area contributed by atoms with Crippen molar-refractivity contribution in [1.29, 1.82) is 0 Å². The van der Waals surface area contributed by atoms with Gasteiger partial charge in [-0.15, -0.1) is 0 Å². The topological polar surface area (TPSA) is 166 Å². The third kappa shape index (κ3) is 19.6. The van der Waals surface area contributed by atoms with Crippen LogP contribution in [0.2, 0.25) is 0 Å². The van der Waals surface area contributed by atoms with E-state index >= 15 is 0 Å². The van der Waals surface area contributed by atoms with Crippen LogP contribution in [0.5, 0.6) is 0 Å². The summed E-state index contributed by atoms with van der Waals surface area (Å²) in [7, 11) is 0. The summed E-state index contributed by atoms with van der Waals surface area (Å²) in [6.07, 6.45) is 17.8. The van der Waals surface area contributed by atoms with Crippen molar-refractivity contribution in [2.24, 2.45) is 53.1 Å². The maximum atomic E-state index is 13.6. The van der Waals surface area contributed by atoms with E-state index < -0.39 is 11.8 Å². The van der Waals surface area contributed by atoms with Gasteiger partial charge < -0.3 is 27.0 Å². The molecule has 2 aromatic carbocycles. The smallest absolute Gasteiger partial charge is 0.237 e. The quantitative estimate of drug-likeness (QED) is 0.0739. The molecule has 426 valence electrons. The minimum absolute atomic E-state index is 0.0518. The molecule has 12 nitrogen and oxygen atoms in total. The molecule has 6 rings (SSSR count). The summed E-state index contributed by atoms with van der Waals surface area (Å²) in [4.78, 5) is 70.2. The van der Waals surface area contributed by atoms with Gasteiger partial charge in [-0.2, -0.15) is 0 Å². The van der Waals surface area contributed by atoms with Gasteiger partial charge in [-0.25, -0.2) is 0 Å². The van der Waals surface area contributed by atoms with Crippen LogP contribution in [0.15, 0.2) is 60.7 Å². The Kier molecular flexibility index (Phi) is 24.8. The molecule has 0 aromatic heterocycles. The normalized spacial score (nSPS) is 24.2. The molecule has 11 atom stereocenters. The molecule has 2 saturated carbocycles. The van der Waals surface area contributed by atoms with Gasteiger partial charge in [0.05, 0.1) is 12.1 Å². The fourth-order valence-electron chi connectivity index (χ4n) is 13.3. The Labute approximate surface area is 460 Å². The van der Waals surface area contributed by atoms with Crippen LogP contribution in [0.4, 0.5) is 0 Å². The van der Waals surface area contributed by atoms with Crippen molar-refractivity contribution in [3.63, 3.8) is 0 Å². The van der Waals surface area contributed by atoms with Gasteiger partial charge in [0.15, 0.2) is 0 Å². The fraction of sp³-hybridized carbons (Fsp3) is 0.734. The summed E-state index contributed by atoms with van der Waals surface area (Å²) in [6, 6.07) is 20.5. The molecule has 12 heteroatoms. The number of nitrogens with zero attached hydrogens (tertiary/aromatic N) is 2. The lowest BCUT2D eigenvalue weighted by molar-refractivity contribution is -0.133. The lowest BCUT2D eigenvalue weighted by Gasteiger charge is -2.47. The molecule has 4 aliphatic rings. The van der Waals surface area contributed by atoms with E-state index in [1.54, 1.807) is 0 Å². The van der Waals surface area contributed by atoms with E-state index in [2.05, 4.69) is 116 Å². The van der Waals surface area contributed by atoms with Gasteiger partial charge in [-0.1, -0.05) is 147 Å². The van der Waals surface area contributed by atoms with E-state index in [4.69, 9.17) is 5.73 Å². The second kappa shape index (κ2) is 30.2. The van der Waals surface area contributed by atoms with E-state index in [1.165, 1.54) is 56.9 Å². The SMILES string of the molecule is CCC(CC(N)=O)C(=O)NC(Cc1ccccc1)C(CC)CN1CC2CCCCC2CC1C(=O)NC(C)(C)C.CCC(CC)C(=O)NC(Cc1ccccc1)C(CC)CN1CC2CCCCC2CC1C(=O)NC(C)(C)C. The lowest BCUT2D eigenvalue weighted by atomic mass is 9.72. The highest BCUT2D eigenvalue weighted by atomic mass is 16.2. The third-order valence-corrected chi connectivity index (χ3v) is 17.7. The number of hydrogen-bond acceptors (Lipinski definition) is 7. The van der Waals surface area contributed by atoms with Gasteiger partial charge in [0.2, 0.25) is 29.5 Å². The molecule has 2 aliphatic carbocycles. The van der Waals surface area contributed by atoms with Gasteiger partial charge >= 0.3 is 0 Å². The van der Waals surface area contributed by atoms with Crippen LogP contribution in [0.3, 0.4) is 0 Å². The molecule has 4 fully saturated rings. The Morgan fingerprint density at radius 2 is 0.882 bits per heavy atom. The molecule has 0 spiro atoms. The summed E-state index contributed by atoms with van der Waals surface area (Å²) in [6.45, 7) is 26.4. The van der Waals surface area contributed by atoms with Crippen molar-refractivity contribution in [2.45, 2.75) is 227 Å². The molecule has 6 N–H and O–H groups in total. The van der Waals surface area contributed by atoms with E-state index in [1.807, 2.05) is 52.0 Å². The minimum atomic E-state index is -0.452. The van der Waals surface area contributed by atoms with Crippen molar-refractivity contribution >= 4 is 29.5 Å². The largest absolute Gasteiger partial charge is 0.370 e. The number of likely N-dealkylation sites (tertiary alicyclic amines) is 2. The third-order valence-electron chi connectivity index (χ3n) is 17.7. The van der Waals surface area contributed by atoms with E-state index in [9.17, 15) is 24.0 Å². The Morgan fingerprint density at radius 1 is 0.526 bits per heavy atom. The molecule has 2 heterocycles. The monoisotopic (exact) mass is 1050 g/mol. The average Bonchev–Trinajstić information content (AvgIpc) is 3.38. The summed E-state index contributed by atoms with van der Waals surface area (Å²) in [5.74, 6) is 2.58. The fourth-order valence-corrected chi connectivity index (χ4v) is 13.3. The van der Waals surface area contributed by atoms with E-state index in [0.717, 1.165) is 76.7 Å². The first kappa shape index (κ1) is 62.6. The van der Waals surface area contributed by atoms with Crippen molar-refractivity contribution in [2.75, 3.05) is 26.2 Å². The average molecular weight is 1050 g/mol. The Balaban J connectivity index is 0.000000281. The van der Waals surface area contributed by atoms with Crippen molar-refractivity contribution < 1.29 is 24.0 Å². The molecular formula is C64H105N7O5. The number of carbonyl (C=O) groups excluding carboxylic acids is 5. The number of nitrogens with two attached hydrogens (primary N) is 1. The first-order valence-electron chi connectivity index (χ1n) is 30.2. The van der Waals surface area contributed by atoms with E-state index in [-0.39, 0.29) is 83.0 Å². The molecule has 0 bridgehead atoms. The predicted octanol–water partition coefficient (Wildman–Crippen LogP) is 10.4. The molecule has 11 unspecified atom stereocenters. The maximum Gasteiger partial charge on any atom is 0.237 e. The first-order chi connectivity index (χ1) is 36.1. The highest BCUT2D eigenvalue weighted by Gasteiger charge is 2.44. The number of benzene rings is 2. The number of nitrogens with one attached hydrogen (secondary N) is 4. The van der Waals surface area contributed by atoms with Crippen LogP contribution >= 0.6 is 0 Å². The summed E-state index contributed by atoms with van der Waals surface area (Å²) < 4.78 is 0. The highest BCUT2D eigenvalue weighted by Crippen LogP contribution is 2.41. The number of rotatable bonds is 23. The van der Waals surface area contributed by atoms with Gasteiger partial charge in [-0.05, 0) is 146 Å². The Morgan fingerprint density at radius 3 is 1.21 bits per heavy atom. The molecule has 2 aliphatic heterocycles. The molecular weight excluding hydrogens is 947 g/mol. The Hall–Kier alpha value is -4.29. The van der Waals surface area contributed by atoms with Crippen LogP contribution in [-0.4, -0.2) is 101 Å². The standard InChI is InChI=1S/C32H52N4O3.C32H53N3O2/c1-6-23(19-29(33)37)30(38)34-27(17-22-13-9-8-10-14-22)24(7-2)20-36-21-26-16-12-11-15-25(26)18-28(36)31(39)35-32(3,4)5;1-7-24(8-2)30(36)33-28(19-23-15-11-10-12-16-23)25(9-3)21-35-22-27-18-14-13-17-26(27)20-29(35)31(37)34-32(4,5)6/h8-10,13-14,23-28H,6-7,11-12,15-21H2,1-5H3,(H2,33,37)(H,34,38)(H,35,39);10-12,15-16,24-29H,7-9,13-14,17-22H2,1-6H3,(H,33,36)(H,34,37). The minimum Gasteiger partial charge on any atom is -0.370 e. The van der Waals surface area contributed by atoms with Crippen molar-refractivity contribution in [1.82, 2.24) is 31.1 Å². The number of primary amides is 1. The highest BCUT2D eigenvalue weighted by molar-refractivity contribution is 5.85. The molecule has 2 aromatic rings. The molecule has 76 heavy (non-hydrogen) atoms. The molecule has 0 radical (unpaired) electrons. The van der Waals surface area contributed by atoms with Crippen LogP contribution in [0.1, 0.15) is 190 Å². The second-order valence-electron chi connectivity index (χ2n) is 25.7. The number of carbonyl (C=O) groups is 5. The van der Waals surface area contributed by atoms with Gasteiger partial charge in [0, 0.05) is 67.6 Å². The number of fused-ring (bicyclic) bond motifs is 2. The number of amides is 5. The molecule has 5 amide bonds.